The molecule has 2 aliphatic rings. The van der Waals surface area contributed by atoms with Crippen LogP contribution in [0, 0.1) is 0 Å². The molecule has 2 fully saturated rings. The highest BCUT2D eigenvalue weighted by atomic mass is 32.2. The maximum Gasteiger partial charge on any atom is 0.226 e. The maximum atomic E-state index is 11.9. The largest absolute Gasteiger partial charge is 0.313 e. The monoisotopic (exact) mass is 247 g/mol. The molecule has 0 saturated carbocycles. The normalized spacial score (nSPS) is 28.4. The molecule has 6 heteroatoms. The standard InChI is InChI=1S/C10H21N3O2S/c14-16(15,9-10-5-4-6-11-10)12-13-7-2-1-3-8-13/h10-12H,1-9H2. The summed E-state index contributed by atoms with van der Waals surface area (Å²) in [6.07, 6.45) is 5.45. The molecule has 1 unspecified atom stereocenters. The summed E-state index contributed by atoms with van der Waals surface area (Å²) in [6.45, 7) is 2.64. The van der Waals surface area contributed by atoms with E-state index in [1.54, 1.807) is 0 Å². The summed E-state index contributed by atoms with van der Waals surface area (Å²) < 4.78 is 23.7. The number of hydrazine groups is 1. The number of piperidine rings is 1. The lowest BCUT2D eigenvalue weighted by Gasteiger charge is -2.27. The van der Waals surface area contributed by atoms with Crippen LogP contribution < -0.4 is 10.1 Å². The van der Waals surface area contributed by atoms with Gasteiger partial charge in [0.1, 0.15) is 0 Å². The Bertz CT molecular complexity index is 306. The fraction of sp³-hybridized carbons (Fsp3) is 1.00. The molecule has 2 saturated heterocycles. The zero-order valence-corrected chi connectivity index (χ0v) is 10.4. The average molecular weight is 247 g/mol. The second-order valence-electron chi connectivity index (χ2n) is 4.71. The Morgan fingerprint density at radius 2 is 1.94 bits per heavy atom. The van der Waals surface area contributed by atoms with Gasteiger partial charge in [0.2, 0.25) is 10.0 Å². The molecule has 0 amide bonds. The number of hydrogen-bond acceptors (Lipinski definition) is 4. The van der Waals surface area contributed by atoms with Gasteiger partial charge in [-0.2, -0.15) is 0 Å². The number of rotatable bonds is 4. The predicted octanol–water partition coefficient (Wildman–Crippen LogP) is 0.0587. The third-order valence-corrected chi connectivity index (χ3v) is 4.58. The van der Waals surface area contributed by atoms with Crippen molar-refractivity contribution < 1.29 is 8.42 Å². The van der Waals surface area contributed by atoms with E-state index >= 15 is 0 Å². The fourth-order valence-electron chi connectivity index (χ4n) is 2.38. The average Bonchev–Trinajstić information content (AvgIpc) is 2.70. The molecule has 0 aromatic rings. The van der Waals surface area contributed by atoms with Gasteiger partial charge in [-0.05, 0) is 32.2 Å². The van der Waals surface area contributed by atoms with Crippen molar-refractivity contribution in [3.05, 3.63) is 0 Å². The molecule has 0 aromatic heterocycles. The Morgan fingerprint density at radius 1 is 1.19 bits per heavy atom. The van der Waals surface area contributed by atoms with E-state index < -0.39 is 10.0 Å². The Balaban J connectivity index is 1.81. The molecule has 16 heavy (non-hydrogen) atoms. The number of nitrogens with zero attached hydrogens (tertiary/aromatic N) is 1. The van der Waals surface area contributed by atoms with Gasteiger partial charge in [-0.3, -0.25) is 0 Å². The van der Waals surface area contributed by atoms with Crippen LogP contribution in [-0.2, 0) is 10.0 Å². The Morgan fingerprint density at radius 3 is 2.56 bits per heavy atom. The third-order valence-electron chi connectivity index (χ3n) is 3.21. The summed E-state index contributed by atoms with van der Waals surface area (Å²) in [4.78, 5) is 2.69. The molecular formula is C10H21N3O2S. The van der Waals surface area contributed by atoms with Crippen molar-refractivity contribution in [2.75, 3.05) is 25.4 Å². The van der Waals surface area contributed by atoms with E-state index in [-0.39, 0.29) is 11.8 Å². The molecule has 94 valence electrons. The molecule has 5 nitrogen and oxygen atoms in total. The molecular weight excluding hydrogens is 226 g/mol. The van der Waals surface area contributed by atoms with E-state index in [1.807, 2.05) is 5.01 Å². The lowest BCUT2D eigenvalue weighted by molar-refractivity contribution is 0.199. The van der Waals surface area contributed by atoms with Gasteiger partial charge in [0, 0.05) is 19.1 Å². The lowest BCUT2D eigenvalue weighted by atomic mass is 10.2. The molecule has 1 atom stereocenters. The van der Waals surface area contributed by atoms with Gasteiger partial charge in [0.05, 0.1) is 5.75 Å². The number of nitrogens with one attached hydrogen (secondary N) is 2. The predicted molar refractivity (Wildman–Crippen MR) is 63.4 cm³/mol. The van der Waals surface area contributed by atoms with E-state index in [4.69, 9.17) is 0 Å². The van der Waals surface area contributed by atoms with E-state index in [0.29, 0.717) is 0 Å². The van der Waals surface area contributed by atoms with Crippen LogP contribution >= 0.6 is 0 Å². The first-order valence-corrected chi connectivity index (χ1v) is 7.79. The first kappa shape index (κ1) is 12.3. The maximum absolute atomic E-state index is 11.9. The molecule has 0 aliphatic carbocycles. The Labute approximate surface area is 97.6 Å². The SMILES string of the molecule is O=S(=O)(CC1CCCN1)NN1CCCCC1. The first-order chi connectivity index (χ1) is 7.66. The van der Waals surface area contributed by atoms with Gasteiger partial charge < -0.3 is 5.32 Å². The molecule has 2 heterocycles. The van der Waals surface area contributed by atoms with Crippen LogP contribution in [0.4, 0.5) is 0 Å². The minimum absolute atomic E-state index is 0.141. The van der Waals surface area contributed by atoms with Crippen molar-refractivity contribution in [3.8, 4) is 0 Å². The second kappa shape index (κ2) is 5.44. The molecule has 0 aromatic carbocycles. The van der Waals surface area contributed by atoms with Crippen molar-refractivity contribution in [2.24, 2.45) is 0 Å². The van der Waals surface area contributed by atoms with Crippen LogP contribution in [0.2, 0.25) is 0 Å². The smallest absolute Gasteiger partial charge is 0.226 e. The van der Waals surface area contributed by atoms with Gasteiger partial charge >= 0.3 is 0 Å². The minimum atomic E-state index is -3.15. The summed E-state index contributed by atoms with van der Waals surface area (Å²) in [5, 5.41) is 5.05. The molecule has 2 N–H and O–H groups in total. The van der Waals surface area contributed by atoms with Gasteiger partial charge in [-0.1, -0.05) is 6.42 Å². The highest BCUT2D eigenvalue weighted by Crippen LogP contribution is 2.10. The van der Waals surface area contributed by atoms with E-state index in [2.05, 4.69) is 10.1 Å². The Hall–Kier alpha value is -0.170. The Kier molecular flexibility index (Phi) is 4.18. The van der Waals surface area contributed by atoms with Crippen LogP contribution in [0.15, 0.2) is 0 Å². The minimum Gasteiger partial charge on any atom is -0.313 e. The van der Waals surface area contributed by atoms with Crippen molar-refractivity contribution in [1.82, 2.24) is 15.2 Å². The summed E-state index contributed by atoms with van der Waals surface area (Å²) in [7, 11) is -3.15. The zero-order valence-electron chi connectivity index (χ0n) is 9.61. The zero-order chi connectivity index (χ0) is 11.4. The van der Waals surface area contributed by atoms with E-state index in [9.17, 15) is 8.42 Å². The highest BCUT2D eigenvalue weighted by Gasteiger charge is 2.24. The van der Waals surface area contributed by atoms with Gasteiger partial charge in [-0.15, -0.1) is 4.83 Å². The first-order valence-electron chi connectivity index (χ1n) is 6.14. The van der Waals surface area contributed by atoms with Crippen LogP contribution in [0.5, 0.6) is 0 Å². The van der Waals surface area contributed by atoms with E-state index in [1.165, 1.54) is 6.42 Å². The van der Waals surface area contributed by atoms with Crippen LogP contribution in [0.3, 0.4) is 0 Å². The number of hydrogen-bond donors (Lipinski definition) is 2. The van der Waals surface area contributed by atoms with Crippen molar-refractivity contribution >= 4 is 10.0 Å². The summed E-state index contributed by atoms with van der Waals surface area (Å²) in [5.74, 6) is 0.212. The van der Waals surface area contributed by atoms with Crippen LogP contribution in [-0.4, -0.2) is 44.9 Å². The second-order valence-corrected chi connectivity index (χ2v) is 6.46. The molecule has 0 bridgehead atoms. The third kappa shape index (κ3) is 3.69. The van der Waals surface area contributed by atoms with Crippen LogP contribution in [0.25, 0.3) is 0 Å². The summed E-state index contributed by atoms with van der Waals surface area (Å²) in [5.41, 5.74) is 0. The van der Waals surface area contributed by atoms with Gasteiger partial charge in [-0.25, -0.2) is 13.4 Å². The highest BCUT2D eigenvalue weighted by molar-refractivity contribution is 7.89. The topological polar surface area (TPSA) is 61.4 Å². The molecule has 0 radical (unpaired) electrons. The molecule has 2 rings (SSSR count). The summed E-state index contributed by atoms with van der Waals surface area (Å²) in [6, 6.07) is 0.141. The van der Waals surface area contributed by atoms with Crippen molar-refractivity contribution in [2.45, 2.75) is 38.1 Å². The molecule has 2 aliphatic heterocycles. The van der Waals surface area contributed by atoms with Crippen molar-refractivity contribution in [3.63, 3.8) is 0 Å². The van der Waals surface area contributed by atoms with Crippen LogP contribution in [0.1, 0.15) is 32.1 Å². The fourth-order valence-corrected chi connectivity index (χ4v) is 3.85. The summed E-state index contributed by atoms with van der Waals surface area (Å²) >= 11 is 0. The molecule has 0 spiro atoms. The van der Waals surface area contributed by atoms with Crippen molar-refractivity contribution in [1.29, 1.82) is 0 Å². The lowest BCUT2D eigenvalue weighted by Crippen LogP contribution is -2.48. The van der Waals surface area contributed by atoms with Gasteiger partial charge in [0.15, 0.2) is 0 Å². The number of sulfonamides is 1. The van der Waals surface area contributed by atoms with Gasteiger partial charge in [0.25, 0.3) is 0 Å². The van der Waals surface area contributed by atoms with E-state index in [0.717, 1.165) is 45.3 Å². The quantitative estimate of drug-likeness (QED) is 0.737.